The van der Waals surface area contributed by atoms with Crippen molar-refractivity contribution in [1.82, 2.24) is 9.97 Å². The largest absolute Gasteiger partial charge is 0.481 e. The van der Waals surface area contributed by atoms with Gasteiger partial charge in [0.2, 0.25) is 5.95 Å². The van der Waals surface area contributed by atoms with Crippen molar-refractivity contribution >= 4 is 11.9 Å². The summed E-state index contributed by atoms with van der Waals surface area (Å²) in [4.78, 5) is 19.4. The van der Waals surface area contributed by atoms with Gasteiger partial charge in [0.15, 0.2) is 0 Å². The topological polar surface area (TPSA) is 75.1 Å². The number of hydrogen-bond acceptors (Lipinski definition) is 4. The fourth-order valence-corrected chi connectivity index (χ4v) is 2.60. The molecule has 0 spiro atoms. The normalized spacial score (nSPS) is 16.5. The number of aromatic nitrogens is 2. The highest BCUT2D eigenvalue weighted by Gasteiger charge is 2.23. The molecule has 104 valence electrons. The molecule has 5 nitrogen and oxygen atoms in total. The van der Waals surface area contributed by atoms with Crippen molar-refractivity contribution in [2.45, 2.75) is 57.4 Å². The molecule has 0 aromatic carbocycles. The molecule has 1 aromatic heterocycles. The van der Waals surface area contributed by atoms with Crippen LogP contribution >= 0.6 is 0 Å². The monoisotopic (exact) mass is 263 g/mol. The molecule has 1 saturated carbocycles. The maximum Gasteiger partial charge on any atom is 0.305 e. The first-order valence-electron chi connectivity index (χ1n) is 6.78. The second-order valence-corrected chi connectivity index (χ2v) is 5.90. The van der Waals surface area contributed by atoms with Crippen LogP contribution in [0.4, 0.5) is 5.95 Å². The number of aliphatic carboxylic acids is 1. The molecule has 1 fully saturated rings. The molecule has 1 heterocycles. The van der Waals surface area contributed by atoms with Crippen molar-refractivity contribution in [2.24, 2.45) is 0 Å². The third kappa shape index (κ3) is 3.91. The van der Waals surface area contributed by atoms with Gasteiger partial charge in [-0.25, -0.2) is 9.97 Å². The smallest absolute Gasteiger partial charge is 0.305 e. The first kappa shape index (κ1) is 13.8. The number of anilines is 1. The van der Waals surface area contributed by atoms with Crippen molar-refractivity contribution in [3.8, 4) is 0 Å². The third-order valence-corrected chi connectivity index (χ3v) is 3.54. The molecule has 2 N–H and O–H groups in total. The van der Waals surface area contributed by atoms with Gasteiger partial charge in [0, 0.05) is 17.9 Å². The molecule has 1 aliphatic carbocycles. The SMILES string of the molecule is CC(C)(CC(=O)O)Nc1ncc(C2CCCC2)cn1. The van der Waals surface area contributed by atoms with Gasteiger partial charge in [0.25, 0.3) is 0 Å². The first-order chi connectivity index (χ1) is 8.96. The van der Waals surface area contributed by atoms with Crippen LogP contribution in [-0.4, -0.2) is 26.6 Å². The van der Waals surface area contributed by atoms with Gasteiger partial charge in [-0.1, -0.05) is 12.8 Å². The van der Waals surface area contributed by atoms with E-state index in [-0.39, 0.29) is 6.42 Å². The van der Waals surface area contributed by atoms with Crippen molar-refractivity contribution in [2.75, 3.05) is 5.32 Å². The van der Waals surface area contributed by atoms with Crippen LogP contribution < -0.4 is 5.32 Å². The average Bonchev–Trinajstić information content (AvgIpc) is 2.81. The summed E-state index contributed by atoms with van der Waals surface area (Å²) in [5.41, 5.74) is 0.639. The van der Waals surface area contributed by atoms with Crippen LogP contribution in [0.1, 0.15) is 57.4 Å². The van der Waals surface area contributed by atoms with Gasteiger partial charge in [0.05, 0.1) is 6.42 Å². The summed E-state index contributed by atoms with van der Waals surface area (Å²) in [6, 6.07) is 0. The number of nitrogens with one attached hydrogen (secondary N) is 1. The molecule has 0 saturated heterocycles. The molecule has 1 aliphatic rings. The van der Waals surface area contributed by atoms with Crippen molar-refractivity contribution in [3.05, 3.63) is 18.0 Å². The van der Waals surface area contributed by atoms with Crippen LogP contribution in [0.5, 0.6) is 0 Å². The van der Waals surface area contributed by atoms with E-state index in [4.69, 9.17) is 5.11 Å². The van der Waals surface area contributed by atoms with Crippen LogP contribution in [-0.2, 0) is 4.79 Å². The molecule has 2 rings (SSSR count). The molecule has 0 unspecified atom stereocenters. The minimum atomic E-state index is -0.833. The van der Waals surface area contributed by atoms with E-state index in [0.717, 1.165) is 0 Å². The Morgan fingerprint density at radius 3 is 2.47 bits per heavy atom. The molecule has 0 aliphatic heterocycles. The minimum Gasteiger partial charge on any atom is -0.481 e. The van der Waals surface area contributed by atoms with Crippen LogP contribution in [0.25, 0.3) is 0 Å². The maximum atomic E-state index is 10.8. The summed E-state index contributed by atoms with van der Waals surface area (Å²) in [6.07, 6.45) is 8.78. The van der Waals surface area contributed by atoms with E-state index < -0.39 is 11.5 Å². The first-order valence-corrected chi connectivity index (χ1v) is 6.78. The van der Waals surface area contributed by atoms with Crippen LogP contribution in [0, 0.1) is 0 Å². The molecule has 5 heteroatoms. The number of carboxylic acid groups (broad SMARTS) is 1. The second kappa shape index (κ2) is 5.55. The van der Waals surface area contributed by atoms with Crippen molar-refractivity contribution < 1.29 is 9.90 Å². The van der Waals surface area contributed by atoms with Crippen LogP contribution in [0.15, 0.2) is 12.4 Å². The summed E-state index contributed by atoms with van der Waals surface area (Å²) in [5, 5.41) is 11.9. The van der Waals surface area contributed by atoms with E-state index in [0.29, 0.717) is 11.9 Å². The minimum absolute atomic E-state index is 0.0285. The third-order valence-electron chi connectivity index (χ3n) is 3.54. The Kier molecular flexibility index (Phi) is 4.02. The molecular weight excluding hydrogens is 242 g/mol. The summed E-state index contributed by atoms with van der Waals surface area (Å²) in [7, 11) is 0. The fraction of sp³-hybridized carbons (Fsp3) is 0.643. The molecule has 19 heavy (non-hydrogen) atoms. The number of hydrogen-bond donors (Lipinski definition) is 2. The highest BCUT2D eigenvalue weighted by atomic mass is 16.4. The number of carboxylic acids is 1. The second-order valence-electron chi connectivity index (χ2n) is 5.90. The molecule has 0 atom stereocenters. The Bertz CT molecular complexity index is 437. The lowest BCUT2D eigenvalue weighted by atomic mass is 10.0. The predicted molar refractivity (Wildman–Crippen MR) is 73.2 cm³/mol. The van der Waals surface area contributed by atoms with E-state index in [1.54, 1.807) is 0 Å². The molecule has 1 aromatic rings. The van der Waals surface area contributed by atoms with Gasteiger partial charge in [-0.15, -0.1) is 0 Å². The van der Waals surface area contributed by atoms with Gasteiger partial charge >= 0.3 is 5.97 Å². The molecular formula is C14H21N3O2. The Labute approximate surface area is 113 Å². The number of rotatable bonds is 5. The average molecular weight is 263 g/mol. The van der Waals surface area contributed by atoms with Gasteiger partial charge in [-0.3, -0.25) is 4.79 Å². The molecule has 0 radical (unpaired) electrons. The van der Waals surface area contributed by atoms with Gasteiger partial charge in [-0.2, -0.15) is 0 Å². The van der Waals surface area contributed by atoms with Gasteiger partial charge in [0.1, 0.15) is 0 Å². The van der Waals surface area contributed by atoms with Crippen LogP contribution in [0.2, 0.25) is 0 Å². The zero-order chi connectivity index (χ0) is 13.9. The van der Waals surface area contributed by atoms with E-state index in [1.807, 2.05) is 26.2 Å². The zero-order valence-electron chi connectivity index (χ0n) is 11.5. The van der Waals surface area contributed by atoms with Crippen molar-refractivity contribution in [3.63, 3.8) is 0 Å². The molecule has 0 bridgehead atoms. The number of carbonyl (C=O) groups is 1. The standard InChI is InChI=1S/C14H21N3O2/c1-14(2,7-12(18)19)17-13-15-8-11(9-16-13)10-5-3-4-6-10/h8-10H,3-7H2,1-2H3,(H,18,19)(H,15,16,17). The lowest BCUT2D eigenvalue weighted by Gasteiger charge is -2.24. The maximum absolute atomic E-state index is 10.8. The lowest BCUT2D eigenvalue weighted by Crippen LogP contribution is -2.34. The van der Waals surface area contributed by atoms with E-state index >= 15 is 0 Å². The van der Waals surface area contributed by atoms with Crippen LogP contribution in [0.3, 0.4) is 0 Å². The Morgan fingerprint density at radius 2 is 1.95 bits per heavy atom. The summed E-state index contributed by atoms with van der Waals surface area (Å²) in [6.45, 7) is 3.66. The fourth-order valence-electron chi connectivity index (χ4n) is 2.60. The van der Waals surface area contributed by atoms with Gasteiger partial charge < -0.3 is 10.4 Å². The van der Waals surface area contributed by atoms with E-state index in [1.165, 1.54) is 31.2 Å². The lowest BCUT2D eigenvalue weighted by molar-refractivity contribution is -0.137. The highest BCUT2D eigenvalue weighted by Crippen LogP contribution is 2.33. The van der Waals surface area contributed by atoms with E-state index in [9.17, 15) is 4.79 Å². The zero-order valence-corrected chi connectivity index (χ0v) is 11.5. The van der Waals surface area contributed by atoms with E-state index in [2.05, 4.69) is 15.3 Å². The highest BCUT2D eigenvalue weighted by molar-refractivity contribution is 5.69. The molecule has 0 amide bonds. The Hall–Kier alpha value is -1.65. The quantitative estimate of drug-likeness (QED) is 0.854. The summed E-state index contributed by atoms with van der Waals surface area (Å²) >= 11 is 0. The van der Waals surface area contributed by atoms with Gasteiger partial charge in [-0.05, 0) is 38.2 Å². The summed E-state index contributed by atoms with van der Waals surface area (Å²) in [5.74, 6) is 0.258. The van der Waals surface area contributed by atoms with Crippen molar-refractivity contribution in [1.29, 1.82) is 0 Å². The Morgan fingerprint density at radius 1 is 1.37 bits per heavy atom. The number of nitrogens with zero attached hydrogens (tertiary/aromatic N) is 2. The Balaban J connectivity index is 2.00. The predicted octanol–water partition coefficient (Wildman–Crippen LogP) is 2.80. The summed E-state index contributed by atoms with van der Waals surface area (Å²) < 4.78 is 0.